The first-order valence-electron chi connectivity index (χ1n) is 6.92. The first-order valence-corrected chi connectivity index (χ1v) is 8.06. The molecule has 2 aromatic carbocycles. The topological polar surface area (TPSA) is 55.1 Å². The van der Waals surface area contributed by atoms with Crippen LogP contribution in [0.3, 0.4) is 0 Å². The largest absolute Gasteiger partial charge is 0.444 e. The zero-order valence-electron chi connectivity index (χ0n) is 12.4. The van der Waals surface area contributed by atoms with Gasteiger partial charge < -0.3 is 9.73 Å². The lowest BCUT2D eigenvalue weighted by Crippen LogP contribution is -2.13. The number of oxazole rings is 1. The fourth-order valence-corrected chi connectivity index (χ4v) is 2.62. The van der Waals surface area contributed by atoms with E-state index in [2.05, 4.69) is 10.3 Å². The Bertz CT molecular complexity index is 922. The van der Waals surface area contributed by atoms with Crippen LogP contribution in [-0.2, 0) is 0 Å². The van der Waals surface area contributed by atoms with Gasteiger partial charge in [0.15, 0.2) is 5.69 Å². The van der Waals surface area contributed by atoms with Gasteiger partial charge in [-0.1, -0.05) is 34.8 Å². The first-order chi connectivity index (χ1) is 11.4. The number of nitrogens with zero attached hydrogens (tertiary/aromatic N) is 1. The van der Waals surface area contributed by atoms with Gasteiger partial charge in [-0.15, -0.1) is 0 Å². The van der Waals surface area contributed by atoms with Gasteiger partial charge in [0.25, 0.3) is 5.91 Å². The van der Waals surface area contributed by atoms with Crippen LogP contribution in [0.25, 0.3) is 11.5 Å². The predicted octanol–water partition coefficient (Wildman–Crippen LogP) is 5.86. The van der Waals surface area contributed by atoms with Crippen molar-refractivity contribution in [3.8, 4) is 11.5 Å². The van der Waals surface area contributed by atoms with Gasteiger partial charge in [0.05, 0.1) is 10.0 Å². The van der Waals surface area contributed by atoms with E-state index < -0.39 is 0 Å². The molecule has 122 valence electrons. The molecule has 1 N–H and O–H groups in total. The summed E-state index contributed by atoms with van der Waals surface area (Å²) in [5, 5.41) is 4.20. The van der Waals surface area contributed by atoms with Crippen molar-refractivity contribution in [2.24, 2.45) is 0 Å². The van der Waals surface area contributed by atoms with Gasteiger partial charge in [-0.25, -0.2) is 4.98 Å². The van der Waals surface area contributed by atoms with E-state index in [9.17, 15) is 4.79 Å². The monoisotopic (exact) mass is 380 g/mol. The highest BCUT2D eigenvalue weighted by molar-refractivity contribution is 6.42. The van der Waals surface area contributed by atoms with Crippen LogP contribution in [-0.4, -0.2) is 10.9 Å². The molecule has 1 heterocycles. The van der Waals surface area contributed by atoms with Crippen LogP contribution >= 0.6 is 34.8 Å². The van der Waals surface area contributed by atoms with E-state index >= 15 is 0 Å². The zero-order chi connectivity index (χ0) is 17.3. The zero-order valence-corrected chi connectivity index (χ0v) is 14.7. The molecule has 0 bridgehead atoms. The molecule has 0 saturated carbocycles. The van der Waals surface area contributed by atoms with Crippen molar-refractivity contribution in [2.45, 2.75) is 6.92 Å². The third kappa shape index (κ3) is 3.56. The van der Waals surface area contributed by atoms with E-state index in [1.54, 1.807) is 36.4 Å². The Kier molecular flexibility index (Phi) is 4.81. The minimum absolute atomic E-state index is 0.158. The first kappa shape index (κ1) is 16.8. The lowest BCUT2D eigenvalue weighted by Gasteiger charge is -2.06. The molecule has 0 aliphatic rings. The van der Waals surface area contributed by atoms with Crippen molar-refractivity contribution in [2.75, 3.05) is 5.32 Å². The smallest absolute Gasteiger partial charge is 0.277 e. The van der Waals surface area contributed by atoms with Crippen molar-refractivity contribution < 1.29 is 9.21 Å². The molecule has 0 aliphatic heterocycles. The molecular formula is C17H11Cl3N2O2. The lowest BCUT2D eigenvalue weighted by atomic mass is 10.2. The molecule has 7 heteroatoms. The summed E-state index contributed by atoms with van der Waals surface area (Å²) in [4.78, 5) is 16.5. The number of hydrogen-bond acceptors (Lipinski definition) is 3. The van der Waals surface area contributed by atoms with Crippen molar-refractivity contribution >= 4 is 46.4 Å². The summed E-state index contributed by atoms with van der Waals surface area (Å²) in [5.74, 6) is -0.0953. The van der Waals surface area contributed by atoms with Gasteiger partial charge in [0.1, 0.15) is 6.26 Å². The molecule has 0 spiro atoms. The number of aromatic nitrogens is 1. The summed E-state index contributed by atoms with van der Waals surface area (Å²) in [5.41, 5.74) is 2.30. The number of anilines is 1. The van der Waals surface area contributed by atoms with Crippen LogP contribution in [0.1, 0.15) is 16.1 Å². The van der Waals surface area contributed by atoms with E-state index in [0.29, 0.717) is 26.3 Å². The molecule has 1 aromatic heterocycles. The third-order valence-electron chi connectivity index (χ3n) is 3.34. The highest BCUT2D eigenvalue weighted by Crippen LogP contribution is 2.28. The summed E-state index contributed by atoms with van der Waals surface area (Å²) in [6, 6.07) is 10.2. The number of aryl methyl sites for hydroxylation is 1. The Balaban J connectivity index is 1.82. The van der Waals surface area contributed by atoms with Crippen molar-refractivity contribution in [1.29, 1.82) is 0 Å². The Hall–Kier alpha value is -2.01. The summed E-state index contributed by atoms with van der Waals surface area (Å²) >= 11 is 17.8. The van der Waals surface area contributed by atoms with Gasteiger partial charge in [0, 0.05) is 16.3 Å². The average molecular weight is 382 g/mol. The Labute approximate surface area is 153 Å². The molecule has 0 fully saturated rings. The second kappa shape index (κ2) is 6.85. The van der Waals surface area contributed by atoms with Crippen LogP contribution < -0.4 is 5.32 Å². The van der Waals surface area contributed by atoms with E-state index in [-0.39, 0.29) is 17.5 Å². The SMILES string of the molecule is Cc1cc(Cl)ccc1NC(=O)c1coc(-c2ccc(Cl)c(Cl)c2)n1. The maximum absolute atomic E-state index is 12.3. The van der Waals surface area contributed by atoms with Crippen LogP contribution in [0, 0.1) is 6.92 Å². The molecule has 0 radical (unpaired) electrons. The fourth-order valence-electron chi connectivity index (χ4n) is 2.09. The molecular weight excluding hydrogens is 371 g/mol. The van der Waals surface area contributed by atoms with Crippen LogP contribution in [0.5, 0.6) is 0 Å². The number of carbonyl (C=O) groups is 1. The minimum Gasteiger partial charge on any atom is -0.444 e. The number of amides is 1. The number of benzene rings is 2. The highest BCUT2D eigenvalue weighted by Gasteiger charge is 2.15. The number of rotatable bonds is 3. The van der Waals surface area contributed by atoms with Crippen LogP contribution in [0.4, 0.5) is 5.69 Å². The maximum atomic E-state index is 12.3. The molecule has 0 saturated heterocycles. The molecule has 3 aromatic rings. The predicted molar refractivity (Wildman–Crippen MR) is 96.1 cm³/mol. The summed E-state index contributed by atoms with van der Waals surface area (Å²) in [6.45, 7) is 1.85. The number of carbonyl (C=O) groups excluding carboxylic acids is 1. The summed E-state index contributed by atoms with van der Waals surface area (Å²) < 4.78 is 5.36. The van der Waals surface area contributed by atoms with Gasteiger partial charge >= 0.3 is 0 Å². The maximum Gasteiger partial charge on any atom is 0.277 e. The van der Waals surface area contributed by atoms with Gasteiger partial charge in [0.2, 0.25) is 5.89 Å². The summed E-state index contributed by atoms with van der Waals surface area (Å²) in [7, 11) is 0. The van der Waals surface area contributed by atoms with Crippen molar-refractivity contribution in [3.63, 3.8) is 0 Å². The molecule has 3 rings (SSSR count). The Morgan fingerprint density at radius 2 is 1.88 bits per heavy atom. The third-order valence-corrected chi connectivity index (χ3v) is 4.31. The Morgan fingerprint density at radius 1 is 1.08 bits per heavy atom. The number of hydrogen-bond donors (Lipinski definition) is 1. The van der Waals surface area contributed by atoms with Crippen LogP contribution in [0.2, 0.25) is 15.1 Å². The lowest BCUT2D eigenvalue weighted by molar-refractivity contribution is 0.102. The molecule has 0 atom stereocenters. The Morgan fingerprint density at radius 3 is 2.58 bits per heavy atom. The van der Waals surface area contributed by atoms with Crippen LogP contribution in [0.15, 0.2) is 47.1 Å². The number of halogens is 3. The second-order valence-corrected chi connectivity index (χ2v) is 6.33. The van der Waals surface area contributed by atoms with Crippen molar-refractivity contribution in [1.82, 2.24) is 4.98 Å². The molecule has 4 nitrogen and oxygen atoms in total. The average Bonchev–Trinajstić information content (AvgIpc) is 3.03. The highest BCUT2D eigenvalue weighted by atomic mass is 35.5. The van der Waals surface area contributed by atoms with Gasteiger partial charge in [-0.2, -0.15) is 0 Å². The minimum atomic E-state index is -0.379. The van der Waals surface area contributed by atoms with E-state index in [0.717, 1.165) is 5.56 Å². The molecule has 0 unspecified atom stereocenters. The van der Waals surface area contributed by atoms with Crippen molar-refractivity contribution in [3.05, 3.63) is 69.0 Å². The molecule has 1 amide bonds. The number of nitrogens with one attached hydrogen (secondary N) is 1. The van der Waals surface area contributed by atoms with Gasteiger partial charge in [-0.05, 0) is 48.9 Å². The standard InChI is InChI=1S/C17H11Cl3N2O2/c1-9-6-11(18)3-5-14(9)21-16(23)15-8-24-17(22-15)10-2-4-12(19)13(20)7-10/h2-8H,1H3,(H,21,23). The van der Waals surface area contributed by atoms with E-state index in [1.807, 2.05) is 6.92 Å². The van der Waals surface area contributed by atoms with E-state index in [1.165, 1.54) is 6.26 Å². The normalized spacial score (nSPS) is 10.7. The summed E-state index contributed by atoms with van der Waals surface area (Å²) in [6.07, 6.45) is 1.29. The second-order valence-electron chi connectivity index (χ2n) is 5.08. The molecule has 0 aliphatic carbocycles. The van der Waals surface area contributed by atoms with E-state index in [4.69, 9.17) is 39.2 Å². The molecule has 24 heavy (non-hydrogen) atoms. The fraction of sp³-hybridized carbons (Fsp3) is 0.0588. The quantitative estimate of drug-likeness (QED) is 0.618. The van der Waals surface area contributed by atoms with Gasteiger partial charge in [-0.3, -0.25) is 4.79 Å².